The second kappa shape index (κ2) is 4.72. The van der Waals surface area contributed by atoms with E-state index in [0.717, 1.165) is 22.5 Å². The summed E-state index contributed by atoms with van der Waals surface area (Å²) in [4.78, 5) is 4.32. The van der Waals surface area contributed by atoms with Crippen molar-refractivity contribution in [3.63, 3.8) is 0 Å². The Bertz CT molecular complexity index is 657. The number of rotatable bonds is 2. The molecule has 0 bridgehead atoms. The van der Waals surface area contributed by atoms with Crippen molar-refractivity contribution in [2.45, 2.75) is 27.7 Å². The van der Waals surface area contributed by atoms with E-state index in [1.807, 2.05) is 33.8 Å². The molecule has 0 atom stereocenters. The number of nitrogens with two attached hydrogens (primary N) is 1. The molecule has 100 valence electrons. The Balaban J connectivity index is 2.76. The van der Waals surface area contributed by atoms with Crippen LogP contribution in [-0.2, 0) is 0 Å². The molecule has 0 amide bonds. The highest BCUT2D eigenvalue weighted by molar-refractivity contribution is 6.01. The van der Waals surface area contributed by atoms with Crippen molar-refractivity contribution in [1.82, 2.24) is 14.8 Å². The molecule has 2 rings (SSSR count). The Morgan fingerprint density at radius 1 is 1.32 bits per heavy atom. The molecule has 0 saturated carbocycles. The molecule has 19 heavy (non-hydrogen) atoms. The van der Waals surface area contributed by atoms with Gasteiger partial charge in [-0.25, -0.2) is 9.67 Å². The summed E-state index contributed by atoms with van der Waals surface area (Å²) >= 11 is 0. The summed E-state index contributed by atoms with van der Waals surface area (Å²) in [5.74, 6) is 0.606. The van der Waals surface area contributed by atoms with Crippen molar-refractivity contribution >= 4 is 5.84 Å². The van der Waals surface area contributed by atoms with E-state index in [1.54, 1.807) is 10.9 Å². The maximum Gasteiger partial charge on any atom is 0.174 e. The summed E-state index contributed by atoms with van der Waals surface area (Å²) in [5.41, 5.74) is 10.3. The number of aryl methyl sites for hydroxylation is 2. The van der Waals surface area contributed by atoms with Crippen molar-refractivity contribution in [3.8, 4) is 5.82 Å². The van der Waals surface area contributed by atoms with Crippen LogP contribution in [0.4, 0.5) is 0 Å². The van der Waals surface area contributed by atoms with Gasteiger partial charge in [-0.15, -0.1) is 0 Å². The lowest BCUT2D eigenvalue weighted by Crippen LogP contribution is -2.20. The van der Waals surface area contributed by atoms with Crippen LogP contribution >= 0.6 is 0 Å². The Hall–Kier alpha value is -2.37. The minimum Gasteiger partial charge on any atom is -0.409 e. The quantitative estimate of drug-likeness (QED) is 0.371. The van der Waals surface area contributed by atoms with Gasteiger partial charge < -0.3 is 10.9 Å². The van der Waals surface area contributed by atoms with Crippen molar-refractivity contribution in [2.75, 3.05) is 0 Å². The molecule has 0 saturated heterocycles. The van der Waals surface area contributed by atoms with Crippen molar-refractivity contribution in [2.24, 2.45) is 10.9 Å². The van der Waals surface area contributed by atoms with Gasteiger partial charge in [0.2, 0.25) is 0 Å². The van der Waals surface area contributed by atoms with Crippen molar-refractivity contribution in [1.29, 1.82) is 0 Å². The lowest BCUT2D eigenvalue weighted by atomic mass is 10.1. The van der Waals surface area contributed by atoms with Crippen LogP contribution in [0.25, 0.3) is 5.82 Å². The highest BCUT2D eigenvalue weighted by Gasteiger charge is 2.17. The van der Waals surface area contributed by atoms with Gasteiger partial charge in [-0.1, -0.05) is 5.16 Å². The molecule has 0 fully saturated rings. The lowest BCUT2D eigenvalue weighted by molar-refractivity contribution is 0.318. The number of hydrogen-bond donors (Lipinski definition) is 2. The van der Waals surface area contributed by atoms with Gasteiger partial charge >= 0.3 is 0 Å². The van der Waals surface area contributed by atoms with Crippen LogP contribution in [0, 0.1) is 27.7 Å². The molecular weight excluding hydrogens is 242 g/mol. The summed E-state index contributed by atoms with van der Waals surface area (Å²) in [6, 6.07) is 1.81. The second-order valence-corrected chi connectivity index (χ2v) is 4.52. The Kier molecular flexibility index (Phi) is 3.25. The highest BCUT2D eigenvalue weighted by atomic mass is 16.4. The average Bonchev–Trinajstić information content (AvgIpc) is 2.65. The van der Waals surface area contributed by atoms with Crippen molar-refractivity contribution < 1.29 is 5.21 Å². The van der Waals surface area contributed by atoms with Crippen LogP contribution in [-0.4, -0.2) is 25.8 Å². The van der Waals surface area contributed by atoms with E-state index in [2.05, 4.69) is 15.2 Å². The van der Waals surface area contributed by atoms with Gasteiger partial charge in [-0.2, -0.15) is 5.10 Å². The molecule has 0 radical (unpaired) electrons. The zero-order valence-electron chi connectivity index (χ0n) is 11.5. The average molecular weight is 259 g/mol. The van der Waals surface area contributed by atoms with Gasteiger partial charge in [0.15, 0.2) is 11.7 Å². The fourth-order valence-corrected chi connectivity index (χ4v) is 2.00. The van der Waals surface area contributed by atoms with E-state index in [-0.39, 0.29) is 5.84 Å². The number of hydrogen-bond acceptors (Lipinski definition) is 4. The van der Waals surface area contributed by atoms with E-state index in [1.165, 1.54) is 0 Å². The van der Waals surface area contributed by atoms with Gasteiger partial charge in [0, 0.05) is 11.9 Å². The first kappa shape index (κ1) is 13.1. The molecule has 0 spiro atoms. The van der Waals surface area contributed by atoms with Crippen LogP contribution < -0.4 is 5.73 Å². The lowest BCUT2D eigenvalue weighted by Gasteiger charge is -2.11. The third kappa shape index (κ3) is 2.05. The number of aromatic nitrogens is 3. The normalized spacial score (nSPS) is 11.9. The number of oxime groups is 1. The molecule has 0 aliphatic carbocycles. The highest BCUT2D eigenvalue weighted by Crippen LogP contribution is 2.20. The maximum atomic E-state index is 8.92. The van der Waals surface area contributed by atoms with E-state index in [4.69, 9.17) is 10.9 Å². The van der Waals surface area contributed by atoms with E-state index < -0.39 is 0 Å². The third-order valence-electron chi connectivity index (χ3n) is 3.36. The zero-order chi connectivity index (χ0) is 14.2. The van der Waals surface area contributed by atoms with Gasteiger partial charge in [-0.3, -0.25) is 0 Å². The molecule has 3 N–H and O–H groups in total. The Morgan fingerprint density at radius 2 is 2.00 bits per heavy atom. The number of nitrogens with zero attached hydrogens (tertiary/aromatic N) is 4. The van der Waals surface area contributed by atoms with Gasteiger partial charge in [0.05, 0.1) is 11.3 Å². The van der Waals surface area contributed by atoms with Crippen LogP contribution in [0.2, 0.25) is 0 Å². The summed E-state index contributed by atoms with van der Waals surface area (Å²) < 4.78 is 1.73. The first-order chi connectivity index (χ1) is 8.97. The van der Waals surface area contributed by atoms with Gasteiger partial charge in [0.25, 0.3) is 0 Å². The van der Waals surface area contributed by atoms with Gasteiger partial charge in [-0.05, 0) is 44.9 Å². The summed E-state index contributed by atoms with van der Waals surface area (Å²) in [7, 11) is 0. The second-order valence-electron chi connectivity index (χ2n) is 4.52. The fraction of sp³-hybridized carbons (Fsp3) is 0.308. The van der Waals surface area contributed by atoms with Crippen LogP contribution in [0.5, 0.6) is 0 Å². The number of amidine groups is 1. The molecule has 0 aromatic carbocycles. The predicted octanol–water partition coefficient (Wildman–Crippen LogP) is 1.60. The van der Waals surface area contributed by atoms with E-state index in [9.17, 15) is 0 Å². The minimum atomic E-state index is 0.0332. The Labute approximate surface area is 111 Å². The minimum absolute atomic E-state index is 0.0332. The summed E-state index contributed by atoms with van der Waals surface area (Å²) in [5, 5.41) is 16.5. The maximum absolute atomic E-state index is 8.92. The predicted molar refractivity (Wildman–Crippen MR) is 72.8 cm³/mol. The molecule has 0 aliphatic heterocycles. The molecule has 0 unspecified atom stereocenters. The molecular formula is C13H17N5O. The molecule has 6 heteroatoms. The first-order valence-electron chi connectivity index (χ1n) is 5.94. The van der Waals surface area contributed by atoms with Crippen LogP contribution in [0.3, 0.4) is 0 Å². The first-order valence-corrected chi connectivity index (χ1v) is 5.94. The topological polar surface area (TPSA) is 89.3 Å². The van der Waals surface area contributed by atoms with Gasteiger partial charge in [0.1, 0.15) is 0 Å². The van der Waals surface area contributed by atoms with Crippen LogP contribution in [0.1, 0.15) is 28.1 Å². The Morgan fingerprint density at radius 3 is 2.53 bits per heavy atom. The standard InChI is InChI=1S/C13H17N5O/c1-7-5-6-15-13(11(7)12(14)17-19)18-10(4)8(2)9(3)16-18/h5-6,19H,1-4H3,(H2,14,17). The SMILES string of the molecule is Cc1ccnc(-n2nc(C)c(C)c2C)c1/C(N)=N/O. The third-order valence-corrected chi connectivity index (χ3v) is 3.36. The molecule has 2 aromatic rings. The zero-order valence-corrected chi connectivity index (χ0v) is 11.5. The van der Waals surface area contributed by atoms with Crippen molar-refractivity contribution in [3.05, 3.63) is 40.3 Å². The fourth-order valence-electron chi connectivity index (χ4n) is 2.00. The van der Waals surface area contributed by atoms with E-state index >= 15 is 0 Å². The molecule has 6 nitrogen and oxygen atoms in total. The monoisotopic (exact) mass is 259 g/mol. The summed E-state index contributed by atoms with van der Waals surface area (Å²) in [6.45, 7) is 7.80. The van der Waals surface area contributed by atoms with E-state index in [0.29, 0.717) is 11.4 Å². The summed E-state index contributed by atoms with van der Waals surface area (Å²) in [6.07, 6.45) is 1.69. The van der Waals surface area contributed by atoms with Crippen LogP contribution in [0.15, 0.2) is 17.4 Å². The smallest absolute Gasteiger partial charge is 0.174 e. The largest absolute Gasteiger partial charge is 0.409 e. The molecule has 2 aromatic heterocycles. The molecule has 0 aliphatic rings. The number of pyridine rings is 1. The molecule has 2 heterocycles.